The zero-order valence-corrected chi connectivity index (χ0v) is 24.1. The quantitative estimate of drug-likeness (QED) is 0.166. The summed E-state index contributed by atoms with van der Waals surface area (Å²) in [7, 11) is 3.09. The summed E-state index contributed by atoms with van der Waals surface area (Å²) in [6, 6.07) is 8.26. The fourth-order valence-corrected chi connectivity index (χ4v) is 6.70. The van der Waals surface area contributed by atoms with Crippen molar-refractivity contribution < 1.29 is 44.7 Å². The molecule has 13 heteroatoms. The normalized spacial score (nSPS) is 24.5. The first-order valence-electron chi connectivity index (χ1n) is 14.1. The minimum atomic E-state index is -2.70. The SMILES string of the molecule is CN(C)C1C(=O)C(C(N)=O)=C(O)[C@]2(O)C(=O)C3=C(O)c4c(O)ccc(-c5ccc(NC(=O)NCCCO)cc5)c4C[C@@H]3C[C@H]12. The summed E-state index contributed by atoms with van der Waals surface area (Å²) in [4.78, 5) is 52.9. The molecule has 0 aliphatic heterocycles. The Labute approximate surface area is 252 Å². The molecule has 3 aliphatic rings. The molecule has 0 spiro atoms. The van der Waals surface area contributed by atoms with Crippen molar-refractivity contribution in [2.45, 2.75) is 30.9 Å². The van der Waals surface area contributed by atoms with Gasteiger partial charge >= 0.3 is 6.03 Å². The number of urea groups is 1. The number of primary amides is 1. The minimum Gasteiger partial charge on any atom is -0.508 e. The van der Waals surface area contributed by atoms with Crippen molar-refractivity contribution in [1.82, 2.24) is 10.2 Å². The third-order valence-corrected chi connectivity index (χ3v) is 8.68. The van der Waals surface area contributed by atoms with Crippen molar-refractivity contribution in [2.24, 2.45) is 17.6 Å². The number of aromatic hydroxyl groups is 1. The Morgan fingerprint density at radius 2 is 1.75 bits per heavy atom. The van der Waals surface area contributed by atoms with Gasteiger partial charge in [-0.1, -0.05) is 18.2 Å². The molecule has 4 atom stereocenters. The lowest BCUT2D eigenvalue weighted by Gasteiger charge is -2.50. The average molecular weight is 607 g/mol. The number of carbonyl (C=O) groups excluding carboxylic acids is 4. The Kier molecular flexibility index (Phi) is 7.97. The first-order valence-corrected chi connectivity index (χ1v) is 14.1. The number of nitrogens with one attached hydrogen (secondary N) is 2. The van der Waals surface area contributed by atoms with Gasteiger partial charge in [0.15, 0.2) is 11.4 Å². The summed E-state index contributed by atoms with van der Waals surface area (Å²) in [6.07, 6.45) is 0.549. The second kappa shape index (κ2) is 11.4. The highest BCUT2D eigenvalue weighted by molar-refractivity contribution is 6.24. The molecule has 5 rings (SSSR count). The zero-order valence-electron chi connectivity index (χ0n) is 24.1. The van der Waals surface area contributed by atoms with Crippen molar-refractivity contribution in [3.05, 3.63) is 64.4 Å². The minimum absolute atomic E-state index is 0.00995. The fraction of sp³-hybridized carbons (Fsp3) is 0.355. The Balaban J connectivity index is 1.56. The van der Waals surface area contributed by atoms with Crippen LogP contribution in [0.15, 0.2) is 53.3 Å². The molecule has 9 N–H and O–H groups in total. The van der Waals surface area contributed by atoms with Crippen LogP contribution < -0.4 is 16.4 Å². The molecule has 2 aromatic rings. The maximum atomic E-state index is 14.0. The van der Waals surface area contributed by atoms with Crippen LogP contribution >= 0.6 is 0 Å². The summed E-state index contributed by atoms with van der Waals surface area (Å²) < 4.78 is 0. The van der Waals surface area contributed by atoms with Crippen LogP contribution in [0.3, 0.4) is 0 Å². The van der Waals surface area contributed by atoms with Gasteiger partial charge in [-0.2, -0.15) is 0 Å². The number of likely N-dealkylation sites (N-methyl/N-ethyl adjacent to an activating group) is 1. The lowest BCUT2D eigenvalue weighted by Crippen LogP contribution is -2.65. The number of hydrogen-bond acceptors (Lipinski definition) is 10. The number of amides is 3. The van der Waals surface area contributed by atoms with Crippen LogP contribution in [-0.2, 0) is 20.8 Å². The number of ketones is 2. The van der Waals surface area contributed by atoms with Crippen LogP contribution in [-0.4, -0.2) is 92.8 Å². The molecule has 13 nitrogen and oxygen atoms in total. The maximum Gasteiger partial charge on any atom is 0.319 e. The monoisotopic (exact) mass is 606 g/mol. The number of aliphatic hydroxyl groups is 4. The number of phenolic OH excluding ortho intramolecular Hbond substituents is 1. The molecule has 0 heterocycles. The Morgan fingerprint density at radius 1 is 1.07 bits per heavy atom. The van der Waals surface area contributed by atoms with Crippen molar-refractivity contribution >= 4 is 35.0 Å². The van der Waals surface area contributed by atoms with Crippen LogP contribution in [0.5, 0.6) is 5.75 Å². The topological polar surface area (TPSA) is 223 Å². The van der Waals surface area contributed by atoms with Gasteiger partial charge in [0, 0.05) is 30.3 Å². The number of anilines is 1. The van der Waals surface area contributed by atoms with E-state index in [1.54, 1.807) is 44.4 Å². The lowest BCUT2D eigenvalue weighted by atomic mass is 9.57. The molecule has 0 aromatic heterocycles. The number of aliphatic hydroxyl groups excluding tert-OH is 3. The van der Waals surface area contributed by atoms with Gasteiger partial charge in [-0.25, -0.2) is 4.79 Å². The number of nitrogens with zero attached hydrogens (tertiary/aromatic N) is 1. The van der Waals surface area contributed by atoms with E-state index in [1.165, 1.54) is 11.0 Å². The predicted octanol–water partition coefficient (Wildman–Crippen LogP) is 1.13. The van der Waals surface area contributed by atoms with Gasteiger partial charge in [-0.15, -0.1) is 0 Å². The van der Waals surface area contributed by atoms with E-state index in [1.807, 2.05) is 0 Å². The molecule has 0 saturated heterocycles. The highest BCUT2D eigenvalue weighted by atomic mass is 16.3. The van der Waals surface area contributed by atoms with Crippen LogP contribution in [0.25, 0.3) is 16.9 Å². The van der Waals surface area contributed by atoms with E-state index < -0.39 is 64.1 Å². The third-order valence-electron chi connectivity index (χ3n) is 8.68. The molecule has 1 unspecified atom stereocenters. The van der Waals surface area contributed by atoms with Crippen molar-refractivity contribution in [1.29, 1.82) is 0 Å². The molecule has 0 bridgehead atoms. The number of benzene rings is 2. The number of Topliss-reactive ketones (excluding diaryl/α,β-unsaturated/α-hetero) is 2. The zero-order chi connectivity index (χ0) is 32.1. The first-order chi connectivity index (χ1) is 20.8. The van der Waals surface area contributed by atoms with Crippen molar-refractivity contribution in [3.8, 4) is 16.9 Å². The number of hydrogen-bond donors (Lipinski definition) is 8. The van der Waals surface area contributed by atoms with Crippen molar-refractivity contribution in [3.63, 3.8) is 0 Å². The van der Waals surface area contributed by atoms with Gasteiger partial charge in [0.1, 0.15) is 22.8 Å². The van der Waals surface area contributed by atoms with Crippen molar-refractivity contribution in [2.75, 3.05) is 32.6 Å². The number of nitrogens with two attached hydrogens (primary N) is 1. The fourth-order valence-electron chi connectivity index (χ4n) is 6.70. The van der Waals surface area contributed by atoms with Gasteiger partial charge in [-0.3, -0.25) is 19.3 Å². The standard InChI is InChI=1S/C31H34N4O9/c1-35(2)24-19-13-15-12-18-17(14-4-6-16(7-5-14)34-30(43)33-10-3-11-36)8-9-20(37)22(18)25(38)21(15)27(40)31(19,44)28(41)23(26(24)39)29(32)42/h4-9,15,19,24,36-38,41,44H,3,10-13H2,1-2H3,(H2,32,42)(H2,33,34,43)/t15-,19-,24?,31-/m1/s1. The molecule has 1 saturated carbocycles. The molecule has 0 radical (unpaired) electrons. The smallest absolute Gasteiger partial charge is 0.319 e. The lowest BCUT2D eigenvalue weighted by molar-refractivity contribution is -0.153. The summed E-state index contributed by atoms with van der Waals surface area (Å²) in [5.41, 5.74) is 3.92. The number of fused-ring (bicyclic) bond motifs is 3. The summed E-state index contributed by atoms with van der Waals surface area (Å²) in [5, 5.41) is 59.2. The molecule has 232 valence electrons. The predicted molar refractivity (Wildman–Crippen MR) is 158 cm³/mol. The highest BCUT2D eigenvalue weighted by Crippen LogP contribution is 2.53. The Bertz CT molecular complexity index is 1630. The molecule has 3 amide bonds. The van der Waals surface area contributed by atoms with E-state index >= 15 is 0 Å². The van der Waals surface area contributed by atoms with Crippen LogP contribution in [0.2, 0.25) is 0 Å². The summed E-state index contributed by atoms with van der Waals surface area (Å²) >= 11 is 0. The summed E-state index contributed by atoms with van der Waals surface area (Å²) in [5.74, 6) is -7.08. The largest absolute Gasteiger partial charge is 0.508 e. The third kappa shape index (κ3) is 4.78. The Hall–Kier alpha value is -4.72. The number of phenols is 1. The van der Waals surface area contributed by atoms with E-state index in [9.17, 15) is 39.6 Å². The molecule has 44 heavy (non-hydrogen) atoms. The van der Waals surface area contributed by atoms with Crippen LogP contribution in [0.4, 0.5) is 10.5 Å². The van der Waals surface area contributed by atoms with E-state index in [0.717, 1.165) is 0 Å². The maximum absolute atomic E-state index is 14.0. The van der Waals surface area contributed by atoms with E-state index in [0.29, 0.717) is 35.3 Å². The number of carbonyl (C=O) groups is 4. The van der Waals surface area contributed by atoms with Gasteiger partial charge in [0.2, 0.25) is 5.78 Å². The Morgan fingerprint density at radius 3 is 2.36 bits per heavy atom. The van der Waals surface area contributed by atoms with Gasteiger partial charge in [-0.05, 0) is 74.2 Å². The molecule has 3 aliphatic carbocycles. The van der Waals surface area contributed by atoms with E-state index in [2.05, 4.69) is 10.6 Å². The molecular weight excluding hydrogens is 572 g/mol. The van der Waals surface area contributed by atoms with E-state index in [-0.39, 0.29) is 36.3 Å². The molecule has 1 fully saturated rings. The second-order valence-electron chi connectivity index (χ2n) is 11.5. The van der Waals surface area contributed by atoms with Crippen LogP contribution in [0.1, 0.15) is 24.0 Å². The van der Waals surface area contributed by atoms with Gasteiger partial charge in [0.25, 0.3) is 5.91 Å². The van der Waals surface area contributed by atoms with Gasteiger partial charge < -0.3 is 41.9 Å². The number of rotatable bonds is 7. The molecule has 2 aromatic carbocycles. The van der Waals surface area contributed by atoms with Gasteiger partial charge in [0.05, 0.1) is 11.6 Å². The summed E-state index contributed by atoms with van der Waals surface area (Å²) in [6.45, 7) is 0.269. The highest BCUT2D eigenvalue weighted by Gasteiger charge is 2.64. The van der Waals surface area contributed by atoms with Crippen LogP contribution in [0, 0.1) is 11.8 Å². The first kappa shape index (κ1) is 30.7. The second-order valence-corrected chi connectivity index (χ2v) is 11.5. The average Bonchev–Trinajstić information content (AvgIpc) is 2.95. The van der Waals surface area contributed by atoms with E-state index in [4.69, 9.17) is 10.8 Å². The molecular formula is C31H34N4O9.